The first kappa shape index (κ1) is 21.6. The number of ether oxygens (including phenoxy) is 1. The van der Waals surface area contributed by atoms with E-state index in [0.29, 0.717) is 5.75 Å². The Morgan fingerprint density at radius 1 is 1.03 bits per heavy atom. The van der Waals surface area contributed by atoms with E-state index in [1.165, 1.54) is 4.90 Å². The smallest absolute Gasteiger partial charge is 0.250 e. The Bertz CT molecular complexity index is 1170. The molecule has 0 radical (unpaired) electrons. The highest BCUT2D eigenvalue weighted by molar-refractivity contribution is 6.15. The number of hydrogen-bond donors (Lipinski definition) is 2. The molecule has 0 aliphatic carbocycles. The first-order valence-corrected chi connectivity index (χ1v) is 11.4. The zero-order valence-corrected chi connectivity index (χ0v) is 19.6. The maximum absolute atomic E-state index is 13.8. The van der Waals surface area contributed by atoms with Gasteiger partial charge in [-0.15, -0.1) is 0 Å². The van der Waals surface area contributed by atoms with Crippen molar-refractivity contribution in [1.82, 2.24) is 10.2 Å². The van der Waals surface area contributed by atoms with Crippen LogP contribution < -0.4 is 15.4 Å². The summed E-state index contributed by atoms with van der Waals surface area (Å²) in [6, 6.07) is 10.9. The lowest BCUT2D eigenvalue weighted by molar-refractivity contribution is -0.143. The van der Waals surface area contributed by atoms with Crippen molar-refractivity contribution in [2.24, 2.45) is 17.8 Å². The van der Waals surface area contributed by atoms with Crippen molar-refractivity contribution in [2.75, 3.05) is 12.4 Å². The highest BCUT2D eigenvalue weighted by Gasteiger charge is 2.70. The molecule has 2 aromatic carbocycles. The van der Waals surface area contributed by atoms with Crippen molar-refractivity contribution in [1.29, 1.82) is 0 Å². The largest absolute Gasteiger partial charge is 0.497 e. The van der Waals surface area contributed by atoms with Gasteiger partial charge in [0.05, 0.1) is 25.5 Å². The minimum Gasteiger partial charge on any atom is -0.497 e. The Morgan fingerprint density at radius 3 is 2.36 bits per heavy atom. The van der Waals surface area contributed by atoms with Crippen molar-refractivity contribution >= 4 is 23.4 Å². The van der Waals surface area contributed by atoms with Gasteiger partial charge in [-0.2, -0.15) is 0 Å². The number of rotatable bonds is 4. The molecule has 2 saturated heterocycles. The number of fused-ring (bicyclic) bond motifs is 4. The van der Waals surface area contributed by atoms with E-state index < -0.39 is 17.4 Å². The molecule has 0 saturated carbocycles. The molecular formula is C26H29N3O4. The molecule has 3 aliphatic heterocycles. The fourth-order valence-corrected chi connectivity index (χ4v) is 5.75. The zero-order chi connectivity index (χ0) is 23.7. The van der Waals surface area contributed by atoms with Crippen LogP contribution in [0.5, 0.6) is 5.75 Å². The third-order valence-corrected chi connectivity index (χ3v) is 7.67. The highest BCUT2D eigenvalue weighted by atomic mass is 16.5. The van der Waals surface area contributed by atoms with E-state index in [4.69, 9.17) is 4.74 Å². The van der Waals surface area contributed by atoms with Gasteiger partial charge in [0.2, 0.25) is 17.7 Å². The van der Waals surface area contributed by atoms with Crippen molar-refractivity contribution in [3.8, 4) is 5.75 Å². The van der Waals surface area contributed by atoms with Crippen molar-refractivity contribution in [2.45, 2.75) is 45.8 Å². The minimum atomic E-state index is -1.24. The van der Waals surface area contributed by atoms with Crippen LogP contribution in [0.15, 0.2) is 36.4 Å². The van der Waals surface area contributed by atoms with Crippen LogP contribution >= 0.6 is 0 Å². The van der Waals surface area contributed by atoms with Gasteiger partial charge in [-0.25, -0.2) is 0 Å². The lowest BCUT2D eigenvalue weighted by atomic mass is 9.75. The quantitative estimate of drug-likeness (QED) is 0.704. The van der Waals surface area contributed by atoms with E-state index in [9.17, 15) is 14.4 Å². The number of carbonyl (C=O) groups is 3. The van der Waals surface area contributed by atoms with E-state index in [-0.39, 0.29) is 36.2 Å². The van der Waals surface area contributed by atoms with Gasteiger partial charge in [0.15, 0.2) is 0 Å². The zero-order valence-electron chi connectivity index (χ0n) is 19.6. The summed E-state index contributed by atoms with van der Waals surface area (Å²) >= 11 is 0. The van der Waals surface area contributed by atoms with Gasteiger partial charge < -0.3 is 10.1 Å². The minimum absolute atomic E-state index is 0.0676. The second kappa shape index (κ2) is 7.42. The Labute approximate surface area is 193 Å². The standard InChI is InChI=1S/C26H29N3O4/c1-13(2)21-19-20(24(31)29(23(19)30)12-16-7-9-17(33-5)10-8-16)26(28-21)18-11-6-14(3)15(4)22(18)27-25(26)32/h6-11,13,19-21,28H,12H2,1-5H3,(H,27,32)/t19-,20-,21-,26+/m0/s1. The van der Waals surface area contributed by atoms with Gasteiger partial charge in [0.1, 0.15) is 11.3 Å². The molecule has 3 amide bonds. The molecule has 4 atom stereocenters. The number of anilines is 1. The molecule has 3 heterocycles. The number of methoxy groups -OCH3 is 1. The Balaban J connectivity index is 1.59. The first-order valence-electron chi connectivity index (χ1n) is 11.4. The van der Waals surface area contributed by atoms with Gasteiger partial charge in [-0.05, 0) is 48.6 Å². The number of likely N-dealkylation sites (tertiary alicyclic amines) is 1. The Hall–Kier alpha value is -3.19. The van der Waals surface area contributed by atoms with Crippen LogP contribution in [0.1, 0.15) is 36.1 Å². The third-order valence-electron chi connectivity index (χ3n) is 7.67. The third kappa shape index (κ3) is 2.88. The van der Waals surface area contributed by atoms with E-state index in [2.05, 4.69) is 10.6 Å². The number of benzene rings is 2. The topological polar surface area (TPSA) is 87.7 Å². The molecule has 1 spiro atoms. The summed E-state index contributed by atoms with van der Waals surface area (Å²) in [5.74, 6) is -1.35. The van der Waals surface area contributed by atoms with Crippen LogP contribution in [-0.2, 0) is 26.5 Å². The molecule has 0 aromatic heterocycles. The molecule has 33 heavy (non-hydrogen) atoms. The summed E-state index contributed by atoms with van der Waals surface area (Å²) in [5.41, 5.74) is 3.16. The van der Waals surface area contributed by atoms with Crippen molar-refractivity contribution in [3.63, 3.8) is 0 Å². The highest BCUT2D eigenvalue weighted by Crippen LogP contribution is 2.54. The van der Waals surface area contributed by atoms with Crippen molar-refractivity contribution < 1.29 is 19.1 Å². The fraction of sp³-hybridized carbons (Fsp3) is 0.423. The average molecular weight is 448 g/mol. The summed E-state index contributed by atoms with van der Waals surface area (Å²) in [5, 5.41) is 6.51. The van der Waals surface area contributed by atoms with E-state index in [1.807, 2.05) is 64.1 Å². The van der Waals surface area contributed by atoms with Crippen molar-refractivity contribution in [3.05, 3.63) is 58.7 Å². The first-order chi connectivity index (χ1) is 15.7. The Morgan fingerprint density at radius 2 is 1.73 bits per heavy atom. The molecule has 7 heteroatoms. The lowest BCUT2D eigenvalue weighted by Crippen LogP contribution is -2.53. The number of aryl methyl sites for hydroxylation is 1. The monoisotopic (exact) mass is 447 g/mol. The van der Waals surface area contributed by atoms with Gasteiger partial charge in [0.25, 0.3) is 0 Å². The predicted molar refractivity (Wildman–Crippen MR) is 124 cm³/mol. The van der Waals surface area contributed by atoms with Gasteiger partial charge in [0, 0.05) is 17.3 Å². The summed E-state index contributed by atoms with van der Waals surface area (Å²) < 4.78 is 5.21. The van der Waals surface area contributed by atoms with Crippen LogP contribution in [0.2, 0.25) is 0 Å². The summed E-state index contributed by atoms with van der Waals surface area (Å²) in [6.45, 7) is 8.18. The predicted octanol–water partition coefficient (Wildman–Crippen LogP) is 2.89. The normalized spacial score (nSPS) is 28.0. The van der Waals surface area contributed by atoms with Crippen LogP contribution in [0, 0.1) is 31.6 Å². The lowest BCUT2D eigenvalue weighted by Gasteiger charge is -2.30. The van der Waals surface area contributed by atoms with Gasteiger partial charge >= 0.3 is 0 Å². The maximum Gasteiger partial charge on any atom is 0.250 e. The number of hydrogen-bond acceptors (Lipinski definition) is 5. The molecule has 0 unspecified atom stereocenters. The molecule has 3 aliphatic rings. The molecule has 7 nitrogen and oxygen atoms in total. The average Bonchev–Trinajstić information content (AvgIpc) is 3.38. The summed E-state index contributed by atoms with van der Waals surface area (Å²) in [7, 11) is 1.59. The molecule has 2 aromatic rings. The molecule has 5 rings (SSSR count). The van der Waals surface area contributed by atoms with Crippen LogP contribution in [-0.4, -0.2) is 35.8 Å². The van der Waals surface area contributed by atoms with Crippen LogP contribution in [0.4, 0.5) is 5.69 Å². The Kier molecular flexibility index (Phi) is 4.86. The molecule has 2 N–H and O–H groups in total. The molecule has 2 fully saturated rings. The summed E-state index contributed by atoms with van der Waals surface area (Å²) in [4.78, 5) is 42.3. The second-order valence-electron chi connectivity index (χ2n) is 9.72. The van der Waals surface area contributed by atoms with Gasteiger partial charge in [-0.1, -0.05) is 38.1 Å². The summed E-state index contributed by atoms with van der Waals surface area (Å²) in [6.07, 6.45) is 0. The number of nitrogens with zero attached hydrogens (tertiary/aromatic N) is 1. The van der Waals surface area contributed by atoms with Crippen LogP contribution in [0.3, 0.4) is 0 Å². The number of amides is 3. The van der Waals surface area contributed by atoms with E-state index in [0.717, 1.165) is 27.9 Å². The SMILES string of the molecule is COc1ccc(CN2C(=O)[C@H]3[C@@H](C2=O)[C@@]2(N[C@H]3C(C)C)C(=O)Nc3c2ccc(C)c3C)cc1. The molecular weight excluding hydrogens is 418 g/mol. The number of carbonyl (C=O) groups excluding carboxylic acids is 3. The second-order valence-corrected chi connectivity index (χ2v) is 9.72. The van der Waals surface area contributed by atoms with E-state index >= 15 is 0 Å². The fourth-order valence-electron chi connectivity index (χ4n) is 5.75. The van der Waals surface area contributed by atoms with Gasteiger partial charge in [-0.3, -0.25) is 24.6 Å². The molecule has 0 bridgehead atoms. The number of imide groups is 1. The van der Waals surface area contributed by atoms with E-state index in [1.54, 1.807) is 7.11 Å². The van der Waals surface area contributed by atoms with Crippen LogP contribution in [0.25, 0.3) is 0 Å². The molecule has 172 valence electrons. The number of nitrogens with one attached hydrogen (secondary N) is 2. The maximum atomic E-state index is 13.8.